The number of nitrogens with one attached hydrogen (secondary N) is 2. The van der Waals surface area contributed by atoms with E-state index >= 15 is 0 Å². The van der Waals surface area contributed by atoms with Crippen LogP contribution in [0, 0.1) is 0 Å². The lowest BCUT2D eigenvalue weighted by Gasteiger charge is -2.10. The number of hydrogen-bond acceptors (Lipinski definition) is 6. The van der Waals surface area contributed by atoms with Crippen molar-refractivity contribution in [3.05, 3.63) is 24.3 Å². The summed E-state index contributed by atoms with van der Waals surface area (Å²) >= 11 is 9.71. The molecule has 5 nitrogen and oxygen atoms in total. The van der Waals surface area contributed by atoms with E-state index in [4.69, 9.17) is 18.0 Å². The van der Waals surface area contributed by atoms with Gasteiger partial charge in [-0.25, -0.2) is 0 Å². The fraction of sp³-hybridized carbons (Fsp3) is 0.250. The van der Waals surface area contributed by atoms with Gasteiger partial charge in [-0.1, -0.05) is 21.6 Å². The average Bonchev–Trinajstić information content (AvgIpc) is 2.45. The van der Waals surface area contributed by atoms with Crippen molar-refractivity contribution in [1.82, 2.24) is 5.32 Å². The van der Waals surface area contributed by atoms with Crippen LogP contribution in [0.15, 0.2) is 29.3 Å². The Morgan fingerprint density at radius 1 is 1.33 bits per heavy atom. The molecule has 0 unspecified atom stereocenters. The number of primary amides is 1. The van der Waals surface area contributed by atoms with Crippen molar-refractivity contribution >= 4 is 73.6 Å². The monoisotopic (exact) mass is 358 g/mol. The molecular weight excluding hydrogens is 344 g/mol. The largest absolute Gasteiger partial charge is 0.369 e. The molecule has 4 N–H and O–H groups in total. The van der Waals surface area contributed by atoms with Crippen LogP contribution in [-0.4, -0.2) is 34.2 Å². The number of carbonyl (C=O) groups is 1. The second-order valence-electron chi connectivity index (χ2n) is 3.68. The number of aliphatic imine (C=N–C) groups is 1. The van der Waals surface area contributed by atoms with Crippen LogP contribution >= 0.6 is 46.0 Å². The minimum atomic E-state index is -0.306. The third-order valence-electron chi connectivity index (χ3n) is 2.06. The fourth-order valence-corrected chi connectivity index (χ4v) is 3.24. The van der Waals surface area contributed by atoms with Crippen molar-refractivity contribution in [1.29, 1.82) is 0 Å². The molecule has 0 aromatic heterocycles. The molecule has 9 heteroatoms. The number of thiocarbonyl (C=S) groups is 2. The van der Waals surface area contributed by atoms with Gasteiger partial charge in [0.15, 0.2) is 5.11 Å². The minimum Gasteiger partial charge on any atom is -0.369 e. The van der Waals surface area contributed by atoms with Crippen LogP contribution < -0.4 is 16.4 Å². The van der Waals surface area contributed by atoms with Crippen molar-refractivity contribution < 1.29 is 4.79 Å². The van der Waals surface area contributed by atoms with Gasteiger partial charge in [0.25, 0.3) is 0 Å². The zero-order chi connectivity index (χ0) is 15.5. The summed E-state index contributed by atoms with van der Waals surface area (Å²) < 4.78 is 0. The second-order valence-corrected chi connectivity index (χ2v) is 6.85. The van der Waals surface area contributed by atoms with E-state index in [0.717, 1.165) is 17.1 Å². The molecule has 1 aromatic rings. The summed E-state index contributed by atoms with van der Waals surface area (Å²) in [5.74, 6) is 0.838. The van der Waals surface area contributed by atoms with Crippen molar-refractivity contribution in [2.45, 2.75) is 0 Å². The quantitative estimate of drug-likeness (QED) is 0.285. The molecule has 0 heterocycles. The highest BCUT2D eigenvalue weighted by molar-refractivity contribution is 8.76. The van der Waals surface area contributed by atoms with Crippen LogP contribution in [0.2, 0.25) is 0 Å². The summed E-state index contributed by atoms with van der Waals surface area (Å²) in [5, 5.41) is 8.99. The van der Waals surface area contributed by atoms with E-state index in [2.05, 4.69) is 33.0 Å². The minimum absolute atomic E-state index is 0.306. The number of amides is 1. The molecule has 0 aliphatic heterocycles. The molecule has 21 heavy (non-hydrogen) atoms. The zero-order valence-corrected chi connectivity index (χ0v) is 14.3. The van der Waals surface area contributed by atoms with Crippen LogP contribution in [-0.2, 0) is 4.79 Å². The molecule has 0 spiro atoms. The number of nitrogens with zero attached hydrogens (tertiary/aromatic N) is 1. The number of rotatable bonds is 8. The van der Waals surface area contributed by atoms with Gasteiger partial charge in [-0.2, -0.15) is 4.99 Å². The first-order valence-corrected chi connectivity index (χ1v) is 9.18. The molecule has 0 atom stereocenters. The molecule has 0 aliphatic carbocycles. The van der Waals surface area contributed by atoms with Gasteiger partial charge >= 0.3 is 0 Å². The predicted octanol–water partition coefficient (Wildman–Crippen LogP) is 2.57. The predicted molar refractivity (Wildman–Crippen MR) is 99.5 cm³/mol. The zero-order valence-electron chi connectivity index (χ0n) is 11.0. The molecule has 112 valence electrons. The van der Waals surface area contributed by atoms with E-state index in [1.807, 2.05) is 24.3 Å². The Kier molecular flexibility index (Phi) is 9.04. The average molecular weight is 359 g/mol. The highest BCUT2D eigenvalue weighted by Crippen LogP contribution is 2.19. The van der Waals surface area contributed by atoms with Crippen LogP contribution in [0.5, 0.6) is 0 Å². The Morgan fingerprint density at radius 3 is 2.67 bits per heavy atom. The first kappa shape index (κ1) is 17.9. The lowest BCUT2D eigenvalue weighted by molar-refractivity contribution is -0.115. The molecule has 1 rings (SSSR count). The van der Waals surface area contributed by atoms with Crippen molar-refractivity contribution in [2.75, 3.05) is 23.4 Å². The summed E-state index contributed by atoms with van der Waals surface area (Å²) in [5.41, 5.74) is 6.65. The van der Waals surface area contributed by atoms with E-state index in [9.17, 15) is 4.79 Å². The normalized spacial score (nSPS) is 9.52. The van der Waals surface area contributed by atoms with Gasteiger partial charge < -0.3 is 16.4 Å². The maximum absolute atomic E-state index is 10.5. The number of hydrogen-bond donors (Lipinski definition) is 3. The smallest absolute Gasteiger partial charge is 0.228 e. The lowest BCUT2D eigenvalue weighted by Crippen LogP contribution is -2.30. The topological polar surface area (TPSA) is 79.5 Å². The summed E-state index contributed by atoms with van der Waals surface area (Å²) in [6.07, 6.45) is 0. The number of nitrogens with two attached hydrogens (primary N) is 1. The maximum atomic E-state index is 10.5. The van der Waals surface area contributed by atoms with Gasteiger partial charge in [-0.3, -0.25) is 4.79 Å². The van der Waals surface area contributed by atoms with Crippen molar-refractivity contribution in [2.24, 2.45) is 10.7 Å². The third kappa shape index (κ3) is 8.69. The third-order valence-corrected chi connectivity index (χ3v) is 4.69. The number of carbonyl (C=O) groups excluding carboxylic acids is 1. The molecule has 0 saturated carbocycles. The molecule has 0 bridgehead atoms. The summed E-state index contributed by atoms with van der Waals surface area (Å²) in [4.78, 5) is 14.4. The Morgan fingerprint density at radius 2 is 2.05 bits per heavy atom. The first-order valence-electron chi connectivity index (χ1n) is 5.87. The molecule has 1 amide bonds. The van der Waals surface area contributed by atoms with Gasteiger partial charge in [-0.05, 0) is 48.7 Å². The van der Waals surface area contributed by atoms with E-state index in [-0.39, 0.29) is 5.91 Å². The van der Waals surface area contributed by atoms with E-state index in [0.29, 0.717) is 17.4 Å². The Labute approximate surface area is 141 Å². The first-order chi connectivity index (χ1) is 10.1. The molecule has 1 aromatic carbocycles. The van der Waals surface area contributed by atoms with E-state index < -0.39 is 0 Å². The van der Waals surface area contributed by atoms with Crippen molar-refractivity contribution in [3.8, 4) is 0 Å². The van der Waals surface area contributed by atoms with Gasteiger partial charge in [-0.15, -0.1) is 0 Å². The highest BCUT2D eigenvalue weighted by atomic mass is 33.1. The molecule has 0 aliphatic rings. The number of anilines is 1. The van der Waals surface area contributed by atoms with Crippen LogP contribution in [0.25, 0.3) is 0 Å². The van der Waals surface area contributed by atoms with Gasteiger partial charge in [0.2, 0.25) is 5.91 Å². The maximum Gasteiger partial charge on any atom is 0.228 e. The standard InChI is InChI=1S/C12H14N4OS4/c13-11(17)7-21-20-6-5-14-12(19)16-10-3-1-9(2-4-10)15-8-18/h1-4H,5-7H2,(H2,13,17)(H2,14,16,19). The fourth-order valence-electron chi connectivity index (χ4n) is 1.21. The Hall–Kier alpha value is -1.12. The molecular formula is C12H14N4OS4. The van der Waals surface area contributed by atoms with E-state index in [1.165, 1.54) is 10.8 Å². The Bertz CT molecular complexity index is 529. The van der Waals surface area contributed by atoms with Crippen LogP contribution in [0.4, 0.5) is 11.4 Å². The lowest BCUT2D eigenvalue weighted by atomic mass is 10.3. The van der Waals surface area contributed by atoms with Gasteiger partial charge in [0, 0.05) is 18.0 Å². The summed E-state index contributed by atoms with van der Waals surface area (Å²) in [6.45, 7) is 0.704. The Balaban J connectivity index is 2.21. The second kappa shape index (κ2) is 10.6. The van der Waals surface area contributed by atoms with Gasteiger partial charge in [0.1, 0.15) is 0 Å². The van der Waals surface area contributed by atoms with E-state index in [1.54, 1.807) is 10.8 Å². The SMILES string of the molecule is NC(=O)CSSCCNC(=S)Nc1ccc(N=C=S)cc1. The van der Waals surface area contributed by atoms with Crippen molar-refractivity contribution in [3.63, 3.8) is 0 Å². The number of isothiocyanates is 1. The molecule has 0 fully saturated rings. The van der Waals surface area contributed by atoms with Gasteiger partial charge in [0.05, 0.1) is 16.6 Å². The number of benzene rings is 1. The summed E-state index contributed by atoms with van der Waals surface area (Å²) in [6, 6.07) is 7.36. The summed E-state index contributed by atoms with van der Waals surface area (Å²) in [7, 11) is 3.01. The van der Waals surface area contributed by atoms with Crippen LogP contribution in [0.3, 0.4) is 0 Å². The highest BCUT2D eigenvalue weighted by Gasteiger charge is 1.99. The molecule has 0 saturated heterocycles. The molecule has 0 radical (unpaired) electrons. The van der Waals surface area contributed by atoms with Crippen LogP contribution in [0.1, 0.15) is 0 Å².